The van der Waals surface area contributed by atoms with Crippen molar-refractivity contribution in [3.05, 3.63) is 65.2 Å². The molecular weight excluding hydrogens is 361 g/mol. The van der Waals surface area contributed by atoms with Gasteiger partial charge in [0.05, 0.1) is 5.56 Å². The highest BCUT2D eigenvalue weighted by Crippen LogP contribution is 2.29. The predicted octanol–water partition coefficient (Wildman–Crippen LogP) is 4.66. The lowest BCUT2D eigenvalue weighted by molar-refractivity contribution is -0.137. The van der Waals surface area contributed by atoms with E-state index in [4.69, 9.17) is 14.4 Å². The number of benzene rings is 2. The third-order valence-electron chi connectivity index (χ3n) is 3.54. The maximum Gasteiger partial charge on any atom is 0.416 e. The zero-order valence-corrected chi connectivity index (χ0v) is 15.1. The standard InChI is InChI=1S/C19H19F3N2O3/c1-13(23-25-2)18(24-26-3)15-7-9-17(10-8-15)27-12-14-5-4-6-16(11-14)19(20,21)22/h4-11H,12H2,1-3H3. The summed E-state index contributed by atoms with van der Waals surface area (Å²) in [7, 11) is 2.85. The molecule has 5 nitrogen and oxygen atoms in total. The molecule has 27 heavy (non-hydrogen) atoms. The second-order valence-corrected chi connectivity index (χ2v) is 5.49. The van der Waals surface area contributed by atoms with Crippen LogP contribution in [0.15, 0.2) is 58.8 Å². The summed E-state index contributed by atoms with van der Waals surface area (Å²) in [6, 6.07) is 11.9. The summed E-state index contributed by atoms with van der Waals surface area (Å²) < 4.78 is 43.8. The molecule has 0 spiro atoms. The zero-order valence-electron chi connectivity index (χ0n) is 15.1. The van der Waals surface area contributed by atoms with Crippen LogP contribution in [0.5, 0.6) is 5.75 Å². The number of hydrogen-bond donors (Lipinski definition) is 0. The molecule has 0 aliphatic carbocycles. The van der Waals surface area contributed by atoms with E-state index in [-0.39, 0.29) is 6.61 Å². The van der Waals surface area contributed by atoms with Crippen molar-refractivity contribution in [3.8, 4) is 5.75 Å². The van der Waals surface area contributed by atoms with Gasteiger partial charge in [0, 0.05) is 5.56 Å². The minimum Gasteiger partial charge on any atom is -0.489 e. The molecule has 8 heteroatoms. The third-order valence-corrected chi connectivity index (χ3v) is 3.54. The fraction of sp³-hybridized carbons (Fsp3) is 0.263. The Bertz CT molecular complexity index is 816. The molecule has 0 fully saturated rings. The monoisotopic (exact) mass is 380 g/mol. The van der Waals surface area contributed by atoms with E-state index >= 15 is 0 Å². The quantitative estimate of drug-likeness (QED) is 0.519. The number of rotatable bonds is 7. The van der Waals surface area contributed by atoms with Crippen LogP contribution >= 0.6 is 0 Å². The molecule has 0 N–H and O–H groups in total. The van der Waals surface area contributed by atoms with E-state index < -0.39 is 11.7 Å². The van der Waals surface area contributed by atoms with Gasteiger partial charge in [0.15, 0.2) is 0 Å². The summed E-state index contributed by atoms with van der Waals surface area (Å²) >= 11 is 0. The fourth-order valence-electron chi connectivity index (χ4n) is 2.31. The van der Waals surface area contributed by atoms with E-state index in [0.29, 0.717) is 22.7 Å². The van der Waals surface area contributed by atoms with Gasteiger partial charge in [0.25, 0.3) is 0 Å². The van der Waals surface area contributed by atoms with Gasteiger partial charge in [0.1, 0.15) is 38.0 Å². The van der Waals surface area contributed by atoms with Gasteiger partial charge < -0.3 is 14.4 Å². The van der Waals surface area contributed by atoms with Crippen molar-refractivity contribution < 1.29 is 27.6 Å². The zero-order chi connectivity index (χ0) is 19.9. The van der Waals surface area contributed by atoms with Crippen LogP contribution in [0.3, 0.4) is 0 Å². The molecule has 0 aliphatic rings. The van der Waals surface area contributed by atoms with Crippen molar-refractivity contribution in [3.63, 3.8) is 0 Å². The number of oxime groups is 2. The normalized spacial score (nSPS) is 12.7. The molecule has 2 aromatic rings. The first-order chi connectivity index (χ1) is 12.8. The first-order valence-electron chi connectivity index (χ1n) is 7.93. The fourth-order valence-corrected chi connectivity index (χ4v) is 2.31. The largest absolute Gasteiger partial charge is 0.489 e. The van der Waals surface area contributed by atoms with Gasteiger partial charge in [-0.3, -0.25) is 0 Å². The number of alkyl halides is 3. The number of ether oxygens (including phenoxy) is 1. The van der Waals surface area contributed by atoms with E-state index in [1.165, 1.54) is 20.3 Å². The lowest BCUT2D eigenvalue weighted by Gasteiger charge is -2.11. The number of nitrogens with zero attached hydrogens (tertiary/aromatic N) is 2. The number of hydrogen-bond acceptors (Lipinski definition) is 5. The van der Waals surface area contributed by atoms with E-state index in [1.807, 2.05) is 0 Å². The molecule has 144 valence electrons. The van der Waals surface area contributed by atoms with Gasteiger partial charge in [-0.05, 0) is 48.9 Å². The van der Waals surface area contributed by atoms with Gasteiger partial charge >= 0.3 is 6.18 Å². The summed E-state index contributed by atoms with van der Waals surface area (Å²) in [5.74, 6) is 0.509. The van der Waals surface area contributed by atoms with Gasteiger partial charge in [0.2, 0.25) is 0 Å². The molecule has 0 aromatic heterocycles. The van der Waals surface area contributed by atoms with E-state index in [9.17, 15) is 13.2 Å². The summed E-state index contributed by atoms with van der Waals surface area (Å²) in [4.78, 5) is 9.57. The Balaban J connectivity index is 2.10. The minimum absolute atomic E-state index is 0.0203. The molecule has 0 aliphatic heterocycles. The van der Waals surface area contributed by atoms with Crippen LogP contribution in [-0.2, 0) is 22.5 Å². The van der Waals surface area contributed by atoms with Crippen LogP contribution in [0.1, 0.15) is 23.6 Å². The second-order valence-electron chi connectivity index (χ2n) is 5.49. The maximum absolute atomic E-state index is 12.8. The Morgan fingerprint density at radius 3 is 2.22 bits per heavy atom. The molecule has 0 unspecified atom stereocenters. The number of halogens is 3. The van der Waals surface area contributed by atoms with Gasteiger partial charge in [-0.25, -0.2) is 0 Å². The van der Waals surface area contributed by atoms with Crippen LogP contribution in [0.2, 0.25) is 0 Å². The Morgan fingerprint density at radius 1 is 0.963 bits per heavy atom. The van der Waals surface area contributed by atoms with Crippen LogP contribution in [0, 0.1) is 0 Å². The minimum atomic E-state index is -4.38. The highest BCUT2D eigenvalue weighted by molar-refractivity contribution is 6.47. The van der Waals surface area contributed by atoms with E-state index in [1.54, 1.807) is 37.3 Å². The summed E-state index contributed by atoms with van der Waals surface area (Å²) in [5.41, 5.74) is 1.47. The summed E-state index contributed by atoms with van der Waals surface area (Å²) in [5, 5.41) is 7.76. The smallest absolute Gasteiger partial charge is 0.416 e. The average molecular weight is 380 g/mol. The van der Waals surface area contributed by atoms with Crippen molar-refractivity contribution >= 4 is 11.4 Å². The highest BCUT2D eigenvalue weighted by atomic mass is 19.4. The van der Waals surface area contributed by atoms with E-state index in [2.05, 4.69) is 10.3 Å². The Hall–Kier alpha value is -3.03. The molecule has 0 radical (unpaired) electrons. The van der Waals surface area contributed by atoms with Crippen molar-refractivity contribution in [2.45, 2.75) is 19.7 Å². The molecular formula is C19H19F3N2O3. The van der Waals surface area contributed by atoms with Gasteiger partial charge in [-0.1, -0.05) is 22.4 Å². The van der Waals surface area contributed by atoms with Gasteiger partial charge in [-0.15, -0.1) is 0 Å². The SMILES string of the molecule is CON=C(C)C(=NOC)c1ccc(OCc2cccc(C(F)(F)F)c2)cc1. The second kappa shape index (κ2) is 9.07. The maximum atomic E-state index is 12.8. The van der Waals surface area contributed by atoms with Crippen LogP contribution in [-0.4, -0.2) is 25.6 Å². The predicted molar refractivity (Wildman–Crippen MR) is 95.9 cm³/mol. The first kappa shape index (κ1) is 20.3. The van der Waals surface area contributed by atoms with Gasteiger partial charge in [-0.2, -0.15) is 13.2 Å². The Kier molecular flexibility index (Phi) is 6.81. The summed E-state index contributed by atoms with van der Waals surface area (Å²) in [6.45, 7) is 1.74. The van der Waals surface area contributed by atoms with Crippen molar-refractivity contribution in [1.29, 1.82) is 0 Å². The Morgan fingerprint density at radius 2 is 1.63 bits per heavy atom. The topological polar surface area (TPSA) is 52.4 Å². The Labute approximate surface area is 155 Å². The molecule has 0 saturated heterocycles. The highest BCUT2D eigenvalue weighted by Gasteiger charge is 2.30. The van der Waals surface area contributed by atoms with E-state index in [0.717, 1.165) is 17.7 Å². The van der Waals surface area contributed by atoms with Crippen molar-refractivity contribution in [2.24, 2.45) is 10.3 Å². The molecule has 0 saturated carbocycles. The molecule has 0 atom stereocenters. The van der Waals surface area contributed by atoms with Crippen LogP contribution in [0.25, 0.3) is 0 Å². The molecule has 2 aromatic carbocycles. The van der Waals surface area contributed by atoms with Crippen molar-refractivity contribution in [1.82, 2.24) is 0 Å². The average Bonchev–Trinajstić information content (AvgIpc) is 2.65. The van der Waals surface area contributed by atoms with Crippen LogP contribution in [0.4, 0.5) is 13.2 Å². The van der Waals surface area contributed by atoms with Crippen LogP contribution < -0.4 is 4.74 Å². The molecule has 0 bridgehead atoms. The van der Waals surface area contributed by atoms with Crippen molar-refractivity contribution in [2.75, 3.05) is 14.2 Å². The lowest BCUT2D eigenvalue weighted by Crippen LogP contribution is -2.13. The molecule has 0 heterocycles. The summed E-state index contributed by atoms with van der Waals surface area (Å²) in [6.07, 6.45) is -4.38. The first-order valence-corrected chi connectivity index (χ1v) is 7.93. The lowest BCUT2D eigenvalue weighted by atomic mass is 10.1. The molecule has 2 rings (SSSR count). The molecule has 0 amide bonds. The third kappa shape index (κ3) is 5.73.